The van der Waals surface area contributed by atoms with Gasteiger partial charge in [0, 0.05) is 5.56 Å². The molecule has 0 amide bonds. The van der Waals surface area contributed by atoms with Crippen LogP contribution in [0.1, 0.15) is 43.9 Å². The number of nitrogens with zero attached hydrogens (tertiary/aromatic N) is 1. The van der Waals surface area contributed by atoms with Crippen LogP contribution in [0.5, 0.6) is 5.75 Å². The minimum atomic E-state index is -0.443. The lowest BCUT2D eigenvalue weighted by Gasteiger charge is -2.38. The van der Waals surface area contributed by atoms with Gasteiger partial charge in [0.1, 0.15) is 18.5 Å². The third-order valence-corrected chi connectivity index (χ3v) is 3.81. The molecule has 0 spiro atoms. The molecule has 1 aliphatic rings. The van der Waals surface area contributed by atoms with Gasteiger partial charge in [0.2, 0.25) is 0 Å². The van der Waals surface area contributed by atoms with E-state index in [0.717, 1.165) is 42.8 Å². The van der Waals surface area contributed by atoms with Crippen LogP contribution in [0, 0.1) is 6.92 Å². The van der Waals surface area contributed by atoms with E-state index in [2.05, 4.69) is 18.7 Å². The van der Waals surface area contributed by atoms with E-state index in [9.17, 15) is 5.11 Å². The van der Waals surface area contributed by atoms with Crippen LogP contribution < -0.4 is 4.74 Å². The number of fused-ring (bicyclic) bond motifs is 1. The molecule has 19 heavy (non-hydrogen) atoms. The van der Waals surface area contributed by atoms with Gasteiger partial charge in [0.15, 0.2) is 0 Å². The molecular formula is C16H25NO2. The van der Waals surface area contributed by atoms with E-state index in [-0.39, 0.29) is 6.04 Å². The molecule has 0 aromatic heterocycles. The zero-order chi connectivity index (χ0) is 13.8. The largest absolute Gasteiger partial charge is 0.491 e. The molecule has 0 radical (unpaired) electrons. The third kappa shape index (κ3) is 2.93. The minimum Gasteiger partial charge on any atom is -0.491 e. The van der Waals surface area contributed by atoms with Gasteiger partial charge in [-0.25, -0.2) is 0 Å². The van der Waals surface area contributed by atoms with Crippen molar-refractivity contribution >= 4 is 0 Å². The Balaban J connectivity index is 2.22. The first-order valence-corrected chi connectivity index (χ1v) is 7.33. The van der Waals surface area contributed by atoms with Gasteiger partial charge >= 0.3 is 0 Å². The molecule has 0 saturated carbocycles. The van der Waals surface area contributed by atoms with Crippen molar-refractivity contribution in [3.63, 3.8) is 0 Å². The van der Waals surface area contributed by atoms with Gasteiger partial charge in [-0.05, 0) is 38.4 Å². The Kier molecular flexibility index (Phi) is 4.83. The Labute approximate surface area is 116 Å². The van der Waals surface area contributed by atoms with Gasteiger partial charge in [-0.15, -0.1) is 0 Å². The van der Waals surface area contributed by atoms with Crippen LogP contribution in [0.2, 0.25) is 0 Å². The average Bonchev–Trinajstić information content (AvgIpc) is 2.40. The summed E-state index contributed by atoms with van der Waals surface area (Å²) in [5, 5.41) is 10.6. The fourth-order valence-corrected chi connectivity index (χ4v) is 2.90. The van der Waals surface area contributed by atoms with E-state index < -0.39 is 6.10 Å². The molecule has 1 aliphatic heterocycles. The molecule has 2 atom stereocenters. The van der Waals surface area contributed by atoms with Crippen molar-refractivity contribution in [2.45, 2.75) is 45.8 Å². The lowest BCUT2D eigenvalue weighted by molar-refractivity contribution is 0.00301. The van der Waals surface area contributed by atoms with E-state index in [0.29, 0.717) is 6.61 Å². The number of aliphatic hydroxyl groups excluding tert-OH is 1. The van der Waals surface area contributed by atoms with Crippen molar-refractivity contribution < 1.29 is 9.84 Å². The highest BCUT2D eigenvalue weighted by molar-refractivity contribution is 5.44. The highest BCUT2D eigenvalue weighted by atomic mass is 16.5. The van der Waals surface area contributed by atoms with Crippen molar-refractivity contribution in [1.29, 1.82) is 0 Å². The normalized spacial score (nSPS) is 22.2. The molecule has 1 aromatic rings. The summed E-state index contributed by atoms with van der Waals surface area (Å²) in [6.07, 6.45) is 1.76. The monoisotopic (exact) mass is 263 g/mol. The Morgan fingerprint density at radius 1 is 1.26 bits per heavy atom. The maximum Gasteiger partial charge on any atom is 0.128 e. The second kappa shape index (κ2) is 6.40. The molecule has 0 bridgehead atoms. The number of ether oxygens (including phenoxy) is 1. The first-order valence-electron chi connectivity index (χ1n) is 7.33. The highest BCUT2D eigenvalue weighted by Crippen LogP contribution is 2.36. The summed E-state index contributed by atoms with van der Waals surface area (Å²) in [5.74, 6) is 0.874. The molecule has 0 aliphatic carbocycles. The molecule has 0 saturated heterocycles. The Bertz CT molecular complexity index is 413. The van der Waals surface area contributed by atoms with Gasteiger partial charge in [-0.3, -0.25) is 4.90 Å². The lowest BCUT2D eigenvalue weighted by atomic mass is 9.95. The fourth-order valence-electron chi connectivity index (χ4n) is 2.90. The van der Waals surface area contributed by atoms with Crippen molar-refractivity contribution in [2.75, 3.05) is 19.7 Å². The topological polar surface area (TPSA) is 32.7 Å². The Morgan fingerprint density at radius 3 is 2.58 bits per heavy atom. The van der Waals surface area contributed by atoms with Crippen LogP contribution in [0.25, 0.3) is 0 Å². The number of hydrogen-bond acceptors (Lipinski definition) is 3. The quantitative estimate of drug-likeness (QED) is 0.886. The van der Waals surface area contributed by atoms with E-state index in [4.69, 9.17) is 4.74 Å². The van der Waals surface area contributed by atoms with Crippen LogP contribution in [0.4, 0.5) is 0 Å². The summed E-state index contributed by atoms with van der Waals surface area (Å²) in [5.41, 5.74) is 2.04. The van der Waals surface area contributed by atoms with Crippen LogP contribution in [-0.2, 0) is 0 Å². The van der Waals surface area contributed by atoms with Gasteiger partial charge < -0.3 is 9.84 Å². The van der Waals surface area contributed by atoms with Crippen LogP contribution in [0.15, 0.2) is 18.2 Å². The van der Waals surface area contributed by atoms with Crippen molar-refractivity contribution in [3.05, 3.63) is 29.3 Å². The Morgan fingerprint density at radius 2 is 1.95 bits per heavy atom. The van der Waals surface area contributed by atoms with E-state index >= 15 is 0 Å². The van der Waals surface area contributed by atoms with Gasteiger partial charge in [-0.1, -0.05) is 32.0 Å². The highest BCUT2D eigenvalue weighted by Gasteiger charge is 2.33. The summed E-state index contributed by atoms with van der Waals surface area (Å²) in [6, 6.07) is 6.08. The molecule has 3 nitrogen and oxygen atoms in total. The lowest BCUT2D eigenvalue weighted by Crippen LogP contribution is -2.46. The smallest absolute Gasteiger partial charge is 0.128 e. The van der Waals surface area contributed by atoms with Crippen molar-refractivity contribution in [3.8, 4) is 5.75 Å². The molecule has 1 N–H and O–H groups in total. The SMILES string of the molecule is CCCN(CCC)C1COc2c(C)cccc2C1O. The van der Waals surface area contributed by atoms with E-state index in [1.807, 2.05) is 25.1 Å². The van der Waals surface area contributed by atoms with Crippen LogP contribution in [-0.4, -0.2) is 35.7 Å². The van der Waals surface area contributed by atoms with Crippen LogP contribution in [0.3, 0.4) is 0 Å². The number of para-hydroxylation sites is 1. The van der Waals surface area contributed by atoms with Crippen molar-refractivity contribution in [2.24, 2.45) is 0 Å². The zero-order valence-electron chi connectivity index (χ0n) is 12.2. The summed E-state index contributed by atoms with van der Waals surface area (Å²) in [7, 11) is 0. The first kappa shape index (κ1) is 14.4. The standard InChI is InChI=1S/C16H25NO2/c1-4-9-17(10-5-2)14-11-19-16-12(3)7-6-8-13(16)15(14)18/h6-8,14-15,18H,4-5,9-11H2,1-3H3. The first-order chi connectivity index (χ1) is 9.19. The summed E-state index contributed by atoms with van der Waals surface area (Å²) in [6.45, 7) is 8.99. The second-order valence-electron chi connectivity index (χ2n) is 5.35. The molecule has 1 aromatic carbocycles. The molecule has 2 rings (SSSR count). The number of aliphatic hydroxyl groups is 1. The van der Waals surface area contributed by atoms with Gasteiger partial charge in [0.05, 0.1) is 6.04 Å². The zero-order valence-corrected chi connectivity index (χ0v) is 12.2. The van der Waals surface area contributed by atoms with Gasteiger partial charge in [-0.2, -0.15) is 0 Å². The van der Waals surface area contributed by atoms with Crippen LogP contribution >= 0.6 is 0 Å². The molecular weight excluding hydrogens is 238 g/mol. The maximum absolute atomic E-state index is 10.6. The average molecular weight is 263 g/mol. The molecule has 0 fully saturated rings. The van der Waals surface area contributed by atoms with Crippen molar-refractivity contribution in [1.82, 2.24) is 4.90 Å². The summed E-state index contributed by atoms with van der Waals surface area (Å²) in [4.78, 5) is 2.36. The number of benzene rings is 1. The molecule has 2 unspecified atom stereocenters. The summed E-state index contributed by atoms with van der Waals surface area (Å²) >= 11 is 0. The molecule has 3 heteroatoms. The maximum atomic E-state index is 10.6. The third-order valence-electron chi connectivity index (χ3n) is 3.81. The minimum absolute atomic E-state index is 0.0780. The van der Waals surface area contributed by atoms with Gasteiger partial charge in [0.25, 0.3) is 0 Å². The number of hydrogen-bond donors (Lipinski definition) is 1. The van der Waals surface area contributed by atoms with E-state index in [1.54, 1.807) is 0 Å². The number of aryl methyl sites for hydroxylation is 1. The predicted molar refractivity (Wildman–Crippen MR) is 77.6 cm³/mol. The second-order valence-corrected chi connectivity index (χ2v) is 5.35. The Hall–Kier alpha value is -1.06. The summed E-state index contributed by atoms with van der Waals surface area (Å²) < 4.78 is 5.91. The predicted octanol–water partition coefficient (Wildman–Crippen LogP) is 2.91. The molecule has 106 valence electrons. The van der Waals surface area contributed by atoms with E-state index in [1.165, 1.54) is 0 Å². The molecule has 1 heterocycles. The number of rotatable bonds is 5. The fraction of sp³-hybridized carbons (Fsp3) is 0.625.